The van der Waals surface area contributed by atoms with Crippen molar-refractivity contribution < 1.29 is 80.2 Å². The summed E-state index contributed by atoms with van der Waals surface area (Å²) in [5.74, 6) is -1.25. The van der Waals surface area contributed by atoms with Crippen LogP contribution in [0.4, 0.5) is 0 Å². The average molecular weight is 1590 g/mol. The maximum atomic E-state index is 13.2. The first kappa shape index (κ1) is 107. The first-order chi connectivity index (χ1) is 53.1. The molecule has 0 aliphatic heterocycles. The molecular weight excluding hydrogens is 1410 g/mol. The van der Waals surface area contributed by atoms with Gasteiger partial charge >= 0.3 is 39.5 Å². The quantitative estimate of drug-likeness (QED) is 0.0222. The van der Waals surface area contributed by atoms with Crippen molar-refractivity contribution in [3.63, 3.8) is 0 Å². The lowest BCUT2D eigenvalue weighted by atomic mass is 9.99. The van der Waals surface area contributed by atoms with Crippen molar-refractivity contribution in [2.45, 2.75) is 509 Å². The lowest BCUT2D eigenvalue weighted by molar-refractivity contribution is -0.161. The predicted molar refractivity (Wildman–Crippen MR) is 451 cm³/mol. The molecule has 0 aliphatic rings. The van der Waals surface area contributed by atoms with E-state index in [0.29, 0.717) is 25.7 Å². The fraction of sp³-hybridized carbons (Fsp3) is 0.956. The van der Waals surface area contributed by atoms with Crippen LogP contribution in [0.25, 0.3) is 0 Å². The summed E-state index contributed by atoms with van der Waals surface area (Å²) in [4.78, 5) is 73.4. The van der Waals surface area contributed by atoms with Crippen molar-refractivity contribution in [3.05, 3.63) is 0 Å². The fourth-order valence-corrected chi connectivity index (χ4v) is 15.7. The Kier molecular flexibility index (Phi) is 81.1. The normalized spacial score (nSPS) is 13.9. The minimum atomic E-state index is -4.97. The second-order valence-electron chi connectivity index (χ2n) is 32.6. The van der Waals surface area contributed by atoms with Gasteiger partial charge in [0.15, 0.2) is 12.2 Å². The minimum absolute atomic E-state index is 0.109. The van der Waals surface area contributed by atoms with Gasteiger partial charge in [-0.25, -0.2) is 9.13 Å². The minimum Gasteiger partial charge on any atom is -0.462 e. The van der Waals surface area contributed by atoms with Gasteiger partial charge in [-0.1, -0.05) is 439 Å². The number of hydrogen-bond acceptors (Lipinski definition) is 15. The van der Waals surface area contributed by atoms with Gasteiger partial charge in [0.05, 0.1) is 26.4 Å². The van der Waals surface area contributed by atoms with Crippen molar-refractivity contribution in [2.75, 3.05) is 39.6 Å². The van der Waals surface area contributed by atoms with E-state index in [0.717, 1.165) is 95.8 Å². The van der Waals surface area contributed by atoms with Crippen molar-refractivity contribution in [1.29, 1.82) is 0 Å². The van der Waals surface area contributed by atoms with Crippen molar-refractivity contribution in [1.82, 2.24) is 0 Å². The molecule has 0 aromatic heterocycles. The van der Waals surface area contributed by atoms with Gasteiger partial charge < -0.3 is 33.8 Å². The standard InChI is InChI=1S/C90H176O17P2/c1-6-10-13-16-19-22-25-28-30-32-34-36-38-40-45-50-55-60-65-70-75-89(94)107-86(80-101-88(93)74-69-64-59-54-49-44-39-37-35-33-31-29-26-23-20-17-14-11-7-2)82-105-109(98,99)103-78-84(91)77-102-108(96,97)104-81-85(79-100-87(92)73-68-63-58-53-48-27-24-21-18-15-12-8-3)106-90(95)76-71-66-61-56-51-46-42-41-43-47-52-57-62-67-72-83(5)9-4/h83-86,91H,6-82H2,1-5H3,(H,96,97)(H,98,99)/t83?,84-,85+,86+/m0/s1. The third-order valence-corrected chi connectivity index (χ3v) is 23.5. The van der Waals surface area contributed by atoms with E-state index in [1.165, 1.54) is 315 Å². The van der Waals surface area contributed by atoms with E-state index in [-0.39, 0.29) is 25.7 Å². The van der Waals surface area contributed by atoms with Crippen LogP contribution in [0.5, 0.6) is 0 Å². The zero-order valence-electron chi connectivity index (χ0n) is 71.7. The largest absolute Gasteiger partial charge is 0.472 e. The number of carbonyl (C=O) groups is 4. The van der Waals surface area contributed by atoms with Crippen molar-refractivity contribution in [2.24, 2.45) is 5.92 Å². The number of ether oxygens (including phenoxy) is 4. The van der Waals surface area contributed by atoms with Crippen LogP contribution in [-0.2, 0) is 65.4 Å². The van der Waals surface area contributed by atoms with Gasteiger partial charge in [-0.2, -0.15) is 0 Å². The highest BCUT2D eigenvalue weighted by Gasteiger charge is 2.31. The Morgan fingerprint density at radius 1 is 0.257 bits per heavy atom. The van der Waals surface area contributed by atoms with E-state index in [9.17, 15) is 43.2 Å². The smallest absolute Gasteiger partial charge is 0.462 e. The Bertz CT molecular complexity index is 2070. The maximum absolute atomic E-state index is 13.2. The third kappa shape index (κ3) is 82.4. The molecule has 0 amide bonds. The number of rotatable bonds is 90. The van der Waals surface area contributed by atoms with Crippen LogP contribution in [0.15, 0.2) is 0 Å². The highest BCUT2D eigenvalue weighted by Crippen LogP contribution is 2.45. The summed E-state index contributed by atoms with van der Waals surface area (Å²) in [7, 11) is -9.93. The molecule has 3 unspecified atom stereocenters. The van der Waals surface area contributed by atoms with Gasteiger partial charge in [-0.3, -0.25) is 37.3 Å². The summed E-state index contributed by atoms with van der Waals surface area (Å²) in [6.45, 7) is 7.45. The summed E-state index contributed by atoms with van der Waals surface area (Å²) < 4.78 is 69.1. The van der Waals surface area contributed by atoms with Crippen LogP contribution in [-0.4, -0.2) is 96.7 Å². The monoisotopic (exact) mass is 1590 g/mol. The Hall–Kier alpha value is -1.94. The fourth-order valence-electron chi connectivity index (χ4n) is 14.1. The second-order valence-corrected chi connectivity index (χ2v) is 35.5. The van der Waals surface area contributed by atoms with Gasteiger partial charge in [-0.15, -0.1) is 0 Å². The number of aliphatic hydroxyl groups excluding tert-OH is 1. The first-order valence-electron chi connectivity index (χ1n) is 46.7. The number of aliphatic hydroxyl groups is 1. The van der Waals surface area contributed by atoms with E-state index in [1.807, 2.05) is 0 Å². The molecule has 19 heteroatoms. The molecule has 0 saturated heterocycles. The van der Waals surface area contributed by atoms with Crippen LogP contribution in [0.3, 0.4) is 0 Å². The van der Waals surface area contributed by atoms with Gasteiger partial charge in [0.25, 0.3) is 0 Å². The Labute approximate surface area is 670 Å². The molecule has 0 fully saturated rings. The molecular formula is C90H176O17P2. The molecule has 0 saturated carbocycles. The number of phosphoric ester groups is 2. The average Bonchev–Trinajstić information content (AvgIpc) is 0.900. The Morgan fingerprint density at radius 3 is 0.651 bits per heavy atom. The first-order valence-corrected chi connectivity index (χ1v) is 49.7. The summed E-state index contributed by atoms with van der Waals surface area (Å²) >= 11 is 0. The van der Waals surface area contributed by atoms with Crippen LogP contribution in [0.1, 0.15) is 490 Å². The van der Waals surface area contributed by atoms with Crippen molar-refractivity contribution in [3.8, 4) is 0 Å². The van der Waals surface area contributed by atoms with Crippen molar-refractivity contribution >= 4 is 39.5 Å². The SMILES string of the molecule is CCCCCCCCCCCCCCCCCCCCCCC(=O)O[C@H](COC(=O)CCCCCCCCCCCCCCCCCCCCC)COP(=O)(O)OC[C@@H](O)COP(=O)(O)OC[C@@H](COC(=O)CCCCCCCCCCCCCC)OC(=O)CCCCCCCCCCCCCCCCC(C)CC. The number of hydrogen-bond donors (Lipinski definition) is 3. The number of phosphoric acid groups is 2. The van der Waals surface area contributed by atoms with Gasteiger partial charge in [0.1, 0.15) is 19.3 Å². The molecule has 0 rings (SSSR count). The maximum Gasteiger partial charge on any atom is 0.472 e. The van der Waals surface area contributed by atoms with Gasteiger partial charge in [-0.05, 0) is 31.6 Å². The number of esters is 4. The predicted octanol–water partition coefficient (Wildman–Crippen LogP) is 27.9. The van der Waals surface area contributed by atoms with Crippen LogP contribution in [0.2, 0.25) is 0 Å². The highest BCUT2D eigenvalue weighted by atomic mass is 31.2. The molecule has 0 aromatic carbocycles. The molecule has 0 bridgehead atoms. The zero-order valence-corrected chi connectivity index (χ0v) is 73.5. The van der Waals surface area contributed by atoms with E-state index in [4.69, 9.17) is 37.0 Å². The molecule has 0 heterocycles. The van der Waals surface area contributed by atoms with E-state index in [2.05, 4.69) is 34.6 Å². The summed E-state index contributed by atoms with van der Waals surface area (Å²) in [5.41, 5.74) is 0. The molecule has 0 radical (unpaired) electrons. The Balaban J connectivity index is 5.25. The third-order valence-electron chi connectivity index (χ3n) is 21.6. The number of unbranched alkanes of at least 4 members (excludes halogenated alkanes) is 61. The second kappa shape index (κ2) is 82.6. The van der Waals surface area contributed by atoms with Crippen LogP contribution < -0.4 is 0 Å². The van der Waals surface area contributed by atoms with E-state index >= 15 is 0 Å². The number of carbonyl (C=O) groups excluding carboxylic acids is 4. The summed E-state index contributed by atoms with van der Waals surface area (Å²) in [6.07, 6.45) is 77.7. The topological polar surface area (TPSA) is 237 Å². The van der Waals surface area contributed by atoms with Gasteiger partial charge in [0.2, 0.25) is 0 Å². The van der Waals surface area contributed by atoms with E-state index in [1.54, 1.807) is 0 Å². The van der Waals surface area contributed by atoms with Crippen LogP contribution in [0, 0.1) is 5.92 Å². The lowest BCUT2D eigenvalue weighted by Gasteiger charge is -2.21. The van der Waals surface area contributed by atoms with Crippen LogP contribution >= 0.6 is 15.6 Å². The lowest BCUT2D eigenvalue weighted by Crippen LogP contribution is -2.30. The summed E-state index contributed by atoms with van der Waals surface area (Å²) in [5, 5.41) is 10.7. The summed E-state index contributed by atoms with van der Waals surface area (Å²) in [6, 6.07) is 0. The highest BCUT2D eigenvalue weighted by molar-refractivity contribution is 7.47. The molecule has 0 aromatic rings. The molecule has 0 spiro atoms. The zero-order chi connectivity index (χ0) is 79.7. The Morgan fingerprint density at radius 2 is 0.440 bits per heavy atom. The molecule has 648 valence electrons. The molecule has 109 heavy (non-hydrogen) atoms. The van der Waals surface area contributed by atoms with E-state index < -0.39 is 97.5 Å². The molecule has 6 atom stereocenters. The molecule has 3 N–H and O–H groups in total. The van der Waals surface area contributed by atoms with Gasteiger partial charge in [0, 0.05) is 25.7 Å². The molecule has 0 aliphatic carbocycles. The molecule has 17 nitrogen and oxygen atoms in total.